The Balaban J connectivity index is 0.00000800. The number of imidazole rings is 1. The molecule has 270 valence electrons. The molecular formula is C43H67Cl3N2. The number of para-hydroxylation sites is 2. The molecule has 0 radical (unpaired) electrons. The normalized spacial score (nSPS) is 11.8. The van der Waals surface area contributed by atoms with Crippen LogP contribution in [0.5, 0.6) is 0 Å². The third kappa shape index (κ3) is 10.3. The Morgan fingerprint density at radius 1 is 0.500 bits per heavy atom. The summed E-state index contributed by atoms with van der Waals surface area (Å²) in [5.41, 5.74) is 8.30. The molecule has 0 aliphatic heterocycles. The summed E-state index contributed by atoms with van der Waals surface area (Å²) >= 11 is 15.0. The molecule has 0 N–H and O–H groups in total. The highest BCUT2D eigenvalue weighted by molar-refractivity contribution is 6.40. The monoisotopic (exact) mass is 716 g/mol. The van der Waals surface area contributed by atoms with Crippen molar-refractivity contribution in [3.8, 4) is 11.4 Å². The van der Waals surface area contributed by atoms with Gasteiger partial charge in [0.25, 0.3) is 16.6 Å². The molecule has 3 rings (SSSR count). The number of aromatic nitrogens is 2. The smallest absolute Gasteiger partial charge is 0.260 e. The van der Waals surface area contributed by atoms with Crippen LogP contribution in [0.25, 0.3) is 11.4 Å². The summed E-state index contributed by atoms with van der Waals surface area (Å²) in [6.07, 6.45) is 21.1. The molecule has 5 heteroatoms. The summed E-state index contributed by atoms with van der Waals surface area (Å²) in [5.74, 6) is 1.98. The molecule has 3 aromatic rings. The van der Waals surface area contributed by atoms with Crippen LogP contribution in [0, 0.1) is 0 Å². The first kappa shape index (κ1) is 42.7. The van der Waals surface area contributed by atoms with Crippen molar-refractivity contribution in [2.75, 3.05) is 0 Å². The lowest BCUT2D eigenvalue weighted by Gasteiger charge is -2.24. The first-order chi connectivity index (χ1) is 22.9. The molecule has 0 fully saturated rings. The maximum absolute atomic E-state index is 7.48. The van der Waals surface area contributed by atoms with Crippen molar-refractivity contribution in [3.63, 3.8) is 0 Å². The zero-order valence-corrected chi connectivity index (χ0v) is 34.0. The number of hydrogen-bond acceptors (Lipinski definition) is 0. The molecule has 0 spiro atoms. The molecule has 0 saturated carbocycles. The van der Waals surface area contributed by atoms with Gasteiger partial charge >= 0.3 is 0 Å². The Bertz CT molecular complexity index is 1150. The van der Waals surface area contributed by atoms with Crippen molar-refractivity contribution in [2.45, 2.75) is 182 Å². The summed E-state index contributed by atoms with van der Waals surface area (Å²) in [6, 6.07) is 14.2. The third-order valence-corrected chi connectivity index (χ3v) is 11.2. The van der Waals surface area contributed by atoms with E-state index in [1.54, 1.807) is 0 Å². The molecule has 1 heterocycles. The van der Waals surface area contributed by atoms with E-state index in [1.807, 2.05) is 0 Å². The highest BCUT2D eigenvalue weighted by atomic mass is 35.5. The molecule has 0 amide bonds. The van der Waals surface area contributed by atoms with E-state index in [0.717, 1.165) is 0 Å². The second-order valence-electron chi connectivity index (χ2n) is 14.1. The number of benzene rings is 2. The Labute approximate surface area is 311 Å². The Morgan fingerprint density at radius 3 is 1.10 bits per heavy atom. The van der Waals surface area contributed by atoms with Gasteiger partial charge in [-0.3, -0.25) is 0 Å². The van der Waals surface area contributed by atoms with Crippen molar-refractivity contribution < 1.29 is 17.0 Å². The fourth-order valence-electron chi connectivity index (χ4n) is 8.37. The van der Waals surface area contributed by atoms with Gasteiger partial charge in [-0.05, 0) is 98.2 Å². The quantitative estimate of drug-likeness (QED) is 0.0915. The van der Waals surface area contributed by atoms with Gasteiger partial charge in [-0.25, -0.2) is 0 Å². The zero-order chi connectivity index (χ0) is 34.3. The molecular weight excluding hydrogens is 651 g/mol. The van der Waals surface area contributed by atoms with Crippen molar-refractivity contribution >= 4 is 23.2 Å². The van der Waals surface area contributed by atoms with E-state index in [2.05, 4.69) is 107 Å². The number of hydrogen-bond donors (Lipinski definition) is 0. The first-order valence-electron chi connectivity index (χ1n) is 19.6. The molecule has 48 heavy (non-hydrogen) atoms. The molecule has 0 bridgehead atoms. The maximum atomic E-state index is 7.48. The van der Waals surface area contributed by atoms with Crippen LogP contribution in [-0.4, -0.2) is 4.57 Å². The fourth-order valence-corrected chi connectivity index (χ4v) is 8.81. The highest BCUT2D eigenvalue weighted by Gasteiger charge is 2.34. The Kier molecular flexibility index (Phi) is 19.9. The van der Waals surface area contributed by atoms with Crippen LogP contribution >= 0.6 is 23.2 Å². The van der Waals surface area contributed by atoms with Crippen LogP contribution in [-0.2, 0) is 0 Å². The lowest BCUT2D eigenvalue weighted by Crippen LogP contribution is -3.00. The van der Waals surface area contributed by atoms with Crippen LogP contribution in [0.3, 0.4) is 0 Å². The zero-order valence-electron chi connectivity index (χ0n) is 31.7. The summed E-state index contributed by atoms with van der Waals surface area (Å²) < 4.78 is 4.57. The fraction of sp³-hybridized carbons (Fsp3) is 0.651. The lowest BCUT2D eigenvalue weighted by atomic mass is 9.83. The predicted molar refractivity (Wildman–Crippen MR) is 208 cm³/mol. The van der Waals surface area contributed by atoms with E-state index in [0.29, 0.717) is 34.0 Å². The maximum Gasteiger partial charge on any atom is 0.260 e. The van der Waals surface area contributed by atoms with Gasteiger partial charge in [-0.2, -0.15) is 9.13 Å². The molecule has 0 atom stereocenters. The number of halogens is 3. The molecule has 2 aromatic carbocycles. The number of nitrogens with zero attached hydrogens (tertiary/aromatic N) is 2. The molecule has 0 saturated heterocycles. The van der Waals surface area contributed by atoms with Crippen molar-refractivity contribution in [3.05, 3.63) is 75.3 Å². The largest absolute Gasteiger partial charge is 1.00 e. The molecule has 2 nitrogen and oxygen atoms in total. The van der Waals surface area contributed by atoms with Gasteiger partial charge in [-0.15, -0.1) is 0 Å². The van der Waals surface area contributed by atoms with Crippen molar-refractivity contribution in [1.29, 1.82) is 0 Å². The Morgan fingerprint density at radius 2 is 0.792 bits per heavy atom. The minimum Gasteiger partial charge on any atom is -1.00 e. The van der Waals surface area contributed by atoms with Crippen LogP contribution in [0.1, 0.15) is 204 Å². The highest BCUT2D eigenvalue weighted by Crippen LogP contribution is 2.42. The van der Waals surface area contributed by atoms with Crippen LogP contribution in [0.4, 0.5) is 0 Å². The van der Waals surface area contributed by atoms with E-state index < -0.39 is 0 Å². The SMILES string of the molecule is CCCC(CCC)c1cccc(C(CCC)CCC)c1-n1c[n+](-c2c(C(CCC)CCC)cccc2C(CCC)CCC)c(Cl)c1Cl.[Cl-]. The minimum atomic E-state index is 0. The molecule has 0 unspecified atom stereocenters. The summed E-state index contributed by atoms with van der Waals surface area (Å²) in [7, 11) is 0. The predicted octanol–water partition coefficient (Wildman–Crippen LogP) is 11.8. The summed E-state index contributed by atoms with van der Waals surface area (Å²) in [5, 5.41) is 1.26. The second kappa shape index (κ2) is 22.4. The molecule has 0 aliphatic carbocycles. The number of rotatable bonds is 22. The van der Waals surface area contributed by atoms with Gasteiger partial charge in [0.1, 0.15) is 11.4 Å². The minimum absolute atomic E-state index is 0. The van der Waals surface area contributed by atoms with Gasteiger partial charge in [0.2, 0.25) is 0 Å². The van der Waals surface area contributed by atoms with E-state index in [9.17, 15) is 0 Å². The van der Waals surface area contributed by atoms with Gasteiger partial charge in [0, 0.05) is 22.3 Å². The van der Waals surface area contributed by atoms with E-state index in [4.69, 9.17) is 23.2 Å². The van der Waals surface area contributed by atoms with Crippen molar-refractivity contribution in [1.82, 2.24) is 4.57 Å². The average molecular weight is 718 g/mol. The van der Waals surface area contributed by atoms with Crippen LogP contribution < -0.4 is 17.0 Å². The Hall–Kier alpha value is -1.48. The molecule has 1 aromatic heterocycles. The summed E-state index contributed by atoms with van der Waals surface area (Å²) in [6.45, 7) is 18.6. The van der Waals surface area contributed by atoms with Gasteiger partial charge < -0.3 is 12.4 Å². The van der Waals surface area contributed by atoms with E-state index >= 15 is 0 Å². The lowest BCUT2D eigenvalue weighted by molar-refractivity contribution is -0.593. The second-order valence-corrected chi connectivity index (χ2v) is 14.8. The standard InChI is InChI=1S/C43H67Cl2N2.ClH/c1-9-19-32(20-10-2)36-27-17-28-37(33(21-11-3)22-12-4)40(36)46-31-47(43(45)42(46)44)41-38(34(23-13-5)24-14-6)29-18-30-39(41)35(25-15-7)26-16-8;/h17-18,27-35H,9-16,19-26H2,1-8H3;1H/q+1;/p-1. The third-order valence-electron chi connectivity index (χ3n) is 10.4. The first-order valence-corrected chi connectivity index (χ1v) is 20.4. The van der Waals surface area contributed by atoms with Gasteiger partial charge in [0.05, 0.1) is 0 Å². The topological polar surface area (TPSA) is 8.81 Å². The average Bonchev–Trinajstić information content (AvgIpc) is 3.36. The molecule has 0 aliphatic rings. The van der Waals surface area contributed by atoms with Crippen molar-refractivity contribution in [2.24, 2.45) is 0 Å². The van der Waals surface area contributed by atoms with E-state index in [-0.39, 0.29) is 12.4 Å². The van der Waals surface area contributed by atoms with Crippen LogP contribution in [0.2, 0.25) is 10.3 Å². The van der Waals surface area contributed by atoms with Crippen LogP contribution in [0.15, 0.2) is 42.7 Å². The van der Waals surface area contributed by atoms with Gasteiger partial charge in [-0.1, -0.05) is 143 Å². The van der Waals surface area contributed by atoms with Gasteiger partial charge in [0.15, 0.2) is 0 Å². The van der Waals surface area contributed by atoms with E-state index in [1.165, 1.54) is 136 Å². The summed E-state index contributed by atoms with van der Waals surface area (Å²) in [4.78, 5) is 0.